The van der Waals surface area contributed by atoms with Gasteiger partial charge in [-0.15, -0.1) is 0 Å². The molecule has 0 saturated carbocycles. The minimum atomic E-state index is -1.79. The van der Waals surface area contributed by atoms with Crippen LogP contribution >= 0.6 is 0 Å². The molecule has 1 aromatic carbocycles. The lowest BCUT2D eigenvalue weighted by molar-refractivity contribution is -0.385. The molecule has 0 atom stereocenters. The minimum absolute atomic E-state index is 0.0596. The fourth-order valence-corrected chi connectivity index (χ4v) is 2.67. The predicted octanol–water partition coefficient (Wildman–Crippen LogP) is 2.93. The van der Waals surface area contributed by atoms with Gasteiger partial charge in [0.2, 0.25) is 5.91 Å². The van der Waals surface area contributed by atoms with E-state index in [1.807, 2.05) is 0 Å². The summed E-state index contributed by atoms with van der Waals surface area (Å²) in [6, 6.07) is 0.237. The molecule has 1 amide bonds. The summed E-state index contributed by atoms with van der Waals surface area (Å²) in [4.78, 5) is 22.3. The highest BCUT2D eigenvalue weighted by atomic mass is 19.2. The number of hydrogen-bond donors (Lipinski definition) is 1. The van der Waals surface area contributed by atoms with Gasteiger partial charge in [0, 0.05) is 30.8 Å². The zero-order chi connectivity index (χ0) is 22.0. The Morgan fingerprint density at radius 2 is 1.90 bits per heavy atom. The number of amides is 1. The number of carbonyl (C=O) groups is 1. The van der Waals surface area contributed by atoms with Crippen LogP contribution in [0.25, 0.3) is 0 Å². The van der Waals surface area contributed by atoms with E-state index >= 15 is 0 Å². The Morgan fingerprint density at radius 1 is 1.17 bits per heavy atom. The van der Waals surface area contributed by atoms with Gasteiger partial charge in [0.15, 0.2) is 17.5 Å². The van der Waals surface area contributed by atoms with Crippen molar-refractivity contribution in [2.75, 3.05) is 5.32 Å². The van der Waals surface area contributed by atoms with Crippen LogP contribution < -0.4 is 5.32 Å². The van der Waals surface area contributed by atoms with Crippen LogP contribution in [0.2, 0.25) is 0 Å². The highest BCUT2D eigenvalue weighted by Crippen LogP contribution is 2.20. The van der Waals surface area contributed by atoms with Crippen molar-refractivity contribution >= 4 is 17.3 Å². The molecule has 2 heterocycles. The Bertz CT molecular complexity index is 1130. The van der Waals surface area contributed by atoms with E-state index in [2.05, 4.69) is 15.5 Å². The number of rotatable bonds is 7. The van der Waals surface area contributed by atoms with Gasteiger partial charge in [-0.05, 0) is 6.92 Å². The zero-order valence-corrected chi connectivity index (χ0v) is 15.4. The minimum Gasteiger partial charge on any atom is -0.323 e. The quantitative estimate of drug-likeness (QED) is 0.206. The Balaban J connectivity index is 1.60. The summed E-state index contributed by atoms with van der Waals surface area (Å²) in [6.07, 6.45) is 3.61. The van der Waals surface area contributed by atoms with E-state index in [4.69, 9.17) is 0 Å². The van der Waals surface area contributed by atoms with Crippen molar-refractivity contribution in [3.05, 3.63) is 69.3 Å². The second kappa shape index (κ2) is 8.31. The molecule has 0 saturated heterocycles. The van der Waals surface area contributed by atoms with Crippen molar-refractivity contribution < 1.29 is 27.3 Å². The molecule has 158 valence electrons. The molecule has 1 N–H and O–H groups in total. The second-order valence-electron chi connectivity index (χ2n) is 6.29. The van der Waals surface area contributed by atoms with Crippen LogP contribution in [-0.4, -0.2) is 30.4 Å². The number of nitro groups is 1. The standard InChI is InChI=1S/C17H14F4N6O3/c1-9-14(27(29)30)8-25(24-9)3-2-15(28)23-10-5-22-26(6-10)7-11-12(18)4-13(19)17(21)16(11)20/h4-6,8H,2-3,7H2,1H3,(H,23,28). The van der Waals surface area contributed by atoms with Crippen LogP contribution in [-0.2, 0) is 17.9 Å². The number of anilines is 1. The Morgan fingerprint density at radius 3 is 2.57 bits per heavy atom. The summed E-state index contributed by atoms with van der Waals surface area (Å²) >= 11 is 0. The van der Waals surface area contributed by atoms with Gasteiger partial charge in [-0.25, -0.2) is 17.6 Å². The van der Waals surface area contributed by atoms with Gasteiger partial charge in [0.05, 0.1) is 23.4 Å². The van der Waals surface area contributed by atoms with Gasteiger partial charge in [0.25, 0.3) is 0 Å². The molecule has 2 aromatic heterocycles. The summed E-state index contributed by atoms with van der Waals surface area (Å²) in [5.41, 5.74) is -0.455. The maximum atomic E-state index is 13.8. The van der Waals surface area contributed by atoms with Gasteiger partial charge in [0.1, 0.15) is 17.7 Å². The summed E-state index contributed by atoms with van der Waals surface area (Å²) in [5, 5.41) is 21.0. The van der Waals surface area contributed by atoms with Gasteiger partial charge in [-0.2, -0.15) is 10.2 Å². The van der Waals surface area contributed by atoms with E-state index in [-0.39, 0.29) is 36.1 Å². The number of nitrogens with zero attached hydrogens (tertiary/aromatic N) is 5. The molecular formula is C17H14F4N6O3. The Hall–Kier alpha value is -3.77. The first kappa shape index (κ1) is 21.0. The number of benzene rings is 1. The second-order valence-corrected chi connectivity index (χ2v) is 6.29. The summed E-state index contributed by atoms with van der Waals surface area (Å²) in [5.74, 6) is -6.81. The summed E-state index contributed by atoms with van der Waals surface area (Å²) in [7, 11) is 0. The molecule has 0 bridgehead atoms. The first-order chi connectivity index (χ1) is 14.2. The van der Waals surface area contributed by atoms with E-state index in [0.29, 0.717) is 0 Å². The lowest BCUT2D eigenvalue weighted by Gasteiger charge is -2.07. The fourth-order valence-electron chi connectivity index (χ4n) is 2.67. The smallest absolute Gasteiger partial charge is 0.309 e. The fraction of sp³-hybridized carbons (Fsp3) is 0.235. The van der Waals surface area contributed by atoms with Crippen LogP contribution in [0.15, 0.2) is 24.7 Å². The average Bonchev–Trinajstić information content (AvgIpc) is 3.28. The van der Waals surface area contributed by atoms with Crippen molar-refractivity contribution in [1.82, 2.24) is 19.6 Å². The van der Waals surface area contributed by atoms with Crippen molar-refractivity contribution in [3.63, 3.8) is 0 Å². The molecule has 0 spiro atoms. The topological polar surface area (TPSA) is 108 Å². The third-order valence-corrected chi connectivity index (χ3v) is 4.13. The largest absolute Gasteiger partial charge is 0.323 e. The van der Waals surface area contributed by atoms with E-state index < -0.39 is 46.2 Å². The van der Waals surface area contributed by atoms with Crippen molar-refractivity contribution in [3.8, 4) is 0 Å². The molecule has 9 nitrogen and oxygen atoms in total. The molecule has 0 unspecified atom stereocenters. The highest BCUT2D eigenvalue weighted by molar-refractivity contribution is 5.90. The van der Waals surface area contributed by atoms with Crippen LogP contribution in [0.4, 0.5) is 28.9 Å². The maximum Gasteiger partial charge on any atom is 0.309 e. The number of hydrogen-bond acceptors (Lipinski definition) is 5. The lowest BCUT2D eigenvalue weighted by atomic mass is 10.2. The van der Waals surface area contributed by atoms with Crippen LogP contribution in [0.1, 0.15) is 17.7 Å². The average molecular weight is 426 g/mol. The normalized spacial score (nSPS) is 11.0. The maximum absolute atomic E-state index is 13.8. The van der Waals surface area contributed by atoms with Crippen molar-refractivity contribution in [1.29, 1.82) is 0 Å². The molecule has 0 aliphatic rings. The van der Waals surface area contributed by atoms with E-state index in [1.165, 1.54) is 30.2 Å². The molecule has 30 heavy (non-hydrogen) atoms. The third-order valence-electron chi connectivity index (χ3n) is 4.13. The van der Waals surface area contributed by atoms with Crippen molar-refractivity contribution in [2.45, 2.75) is 26.4 Å². The SMILES string of the molecule is Cc1nn(CCC(=O)Nc2cnn(Cc3c(F)cc(F)c(F)c3F)c2)cc1[N+](=O)[O-]. The van der Waals surface area contributed by atoms with Gasteiger partial charge >= 0.3 is 5.69 Å². The zero-order valence-electron chi connectivity index (χ0n) is 15.4. The number of aromatic nitrogens is 4. The third kappa shape index (κ3) is 4.45. The summed E-state index contributed by atoms with van der Waals surface area (Å²) in [6.45, 7) is 1.03. The first-order valence-electron chi connectivity index (χ1n) is 8.48. The van der Waals surface area contributed by atoms with E-state index in [9.17, 15) is 32.5 Å². The van der Waals surface area contributed by atoms with Gasteiger partial charge in [-0.3, -0.25) is 24.3 Å². The van der Waals surface area contributed by atoms with Gasteiger partial charge in [-0.1, -0.05) is 0 Å². The molecule has 3 rings (SSSR count). The summed E-state index contributed by atoms with van der Waals surface area (Å²) < 4.78 is 56.1. The molecule has 3 aromatic rings. The molecule has 0 aliphatic carbocycles. The van der Waals surface area contributed by atoms with E-state index in [1.54, 1.807) is 0 Å². The lowest BCUT2D eigenvalue weighted by Crippen LogP contribution is -2.14. The monoisotopic (exact) mass is 426 g/mol. The number of aryl methyl sites for hydroxylation is 2. The Kier molecular flexibility index (Phi) is 5.80. The van der Waals surface area contributed by atoms with Crippen LogP contribution in [0, 0.1) is 40.3 Å². The van der Waals surface area contributed by atoms with Crippen molar-refractivity contribution in [2.24, 2.45) is 0 Å². The number of halogens is 4. The highest BCUT2D eigenvalue weighted by Gasteiger charge is 2.20. The molecule has 0 fully saturated rings. The van der Waals surface area contributed by atoms with Gasteiger partial charge < -0.3 is 5.32 Å². The number of carbonyl (C=O) groups excluding carboxylic acids is 1. The van der Waals surface area contributed by atoms with Crippen LogP contribution in [0.3, 0.4) is 0 Å². The van der Waals surface area contributed by atoms with E-state index in [0.717, 1.165) is 4.68 Å². The molecule has 13 heteroatoms. The predicted molar refractivity (Wildman–Crippen MR) is 94.5 cm³/mol. The molecule has 0 aliphatic heterocycles. The number of nitrogens with one attached hydrogen (secondary N) is 1. The Labute approximate surface area is 166 Å². The molecule has 0 radical (unpaired) electrons. The first-order valence-corrected chi connectivity index (χ1v) is 8.48. The molecular weight excluding hydrogens is 412 g/mol. The van der Waals surface area contributed by atoms with Crippen LogP contribution in [0.5, 0.6) is 0 Å².